The molecule has 0 saturated carbocycles. The molecule has 1 fully saturated rings. The molecule has 4 rings (SSSR count). The first-order valence-electron chi connectivity index (χ1n) is 9.95. The number of hydrogen-bond donors (Lipinski definition) is 0. The number of fused-ring (bicyclic) bond motifs is 1. The Labute approximate surface area is 170 Å². The fraction of sp³-hybridized carbons (Fsp3) is 0.250. The van der Waals surface area contributed by atoms with E-state index < -0.39 is 0 Å². The predicted octanol–water partition coefficient (Wildman–Crippen LogP) is 3.01. The van der Waals surface area contributed by atoms with Crippen LogP contribution in [0.5, 0.6) is 0 Å². The van der Waals surface area contributed by atoms with Crippen molar-refractivity contribution in [2.24, 2.45) is 7.05 Å². The number of rotatable bonds is 4. The quantitative estimate of drug-likeness (QED) is 0.691. The van der Waals surface area contributed by atoms with Crippen LogP contribution in [-0.4, -0.2) is 53.0 Å². The number of para-hydroxylation sites is 1. The van der Waals surface area contributed by atoms with Gasteiger partial charge in [-0.15, -0.1) is 0 Å². The second kappa shape index (κ2) is 8.45. The van der Waals surface area contributed by atoms with Crippen molar-refractivity contribution in [2.75, 3.05) is 32.7 Å². The van der Waals surface area contributed by atoms with E-state index in [1.54, 1.807) is 17.2 Å². The van der Waals surface area contributed by atoms with Crippen molar-refractivity contribution in [3.8, 4) is 0 Å². The number of amides is 1. The lowest BCUT2D eigenvalue weighted by Gasteiger charge is -2.34. The van der Waals surface area contributed by atoms with Crippen LogP contribution >= 0.6 is 0 Å². The molecule has 0 spiro atoms. The highest BCUT2D eigenvalue weighted by molar-refractivity contribution is 5.97. The van der Waals surface area contributed by atoms with Gasteiger partial charge >= 0.3 is 0 Å². The van der Waals surface area contributed by atoms with Gasteiger partial charge in [0.1, 0.15) is 5.56 Å². The molecule has 5 heteroatoms. The maximum Gasteiger partial charge on any atom is 0.259 e. The summed E-state index contributed by atoms with van der Waals surface area (Å²) in [7, 11) is 1.87. The maximum atomic E-state index is 13.0. The van der Waals surface area contributed by atoms with Gasteiger partial charge in [0.2, 0.25) is 5.43 Å². The molecule has 1 aliphatic rings. The summed E-state index contributed by atoms with van der Waals surface area (Å²) in [5, 5.41) is 0.588. The van der Waals surface area contributed by atoms with Crippen molar-refractivity contribution in [1.29, 1.82) is 0 Å². The third-order valence-electron chi connectivity index (χ3n) is 5.46. The van der Waals surface area contributed by atoms with E-state index in [4.69, 9.17) is 0 Å². The van der Waals surface area contributed by atoms with Crippen LogP contribution in [0.1, 0.15) is 15.9 Å². The second-order valence-electron chi connectivity index (χ2n) is 7.41. The number of nitrogens with zero attached hydrogens (tertiary/aromatic N) is 3. The number of piperazine rings is 1. The lowest BCUT2D eigenvalue weighted by molar-refractivity contribution is 0.0648. The number of hydrogen-bond acceptors (Lipinski definition) is 3. The lowest BCUT2D eigenvalue weighted by Crippen LogP contribution is -2.49. The normalized spacial score (nSPS) is 15.3. The first-order chi connectivity index (χ1) is 14.1. The van der Waals surface area contributed by atoms with E-state index >= 15 is 0 Å². The summed E-state index contributed by atoms with van der Waals surface area (Å²) >= 11 is 0. The molecule has 1 aromatic heterocycles. The third-order valence-corrected chi connectivity index (χ3v) is 5.46. The first kappa shape index (κ1) is 19.2. The van der Waals surface area contributed by atoms with Gasteiger partial charge in [0.05, 0.1) is 5.52 Å². The highest BCUT2D eigenvalue weighted by atomic mass is 16.2. The fourth-order valence-electron chi connectivity index (χ4n) is 3.80. The predicted molar refractivity (Wildman–Crippen MR) is 117 cm³/mol. The summed E-state index contributed by atoms with van der Waals surface area (Å²) in [5.74, 6) is -0.171. The maximum absolute atomic E-state index is 13.0. The molecule has 0 atom stereocenters. The van der Waals surface area contributed by atoms with Gasteiger partial charge in [0, 0.05) is 51.4 Å². The monoisotopic (exact) mass is 387 g/mol. The van der Waals surface area contributed by atoms with E-state index in [1.165, 1.54) is 5.56 Å². The van der Waals surface area contributed by atoms with Crippen molar-refractivity contribution in [1.82, 2.24) is 14.4 Å². The number of pyridine rings is 1. The van der Waals surface area contributed by atoms with E-state index in [0.29, 0.717) is 18.5 Å². The molecular weight excluding hydrogens is 362 g/mol. The third kappa shape index (κ3) is 4.15. The summed E-state index contributed by atoms with van der Waals surface area (Å²) in [6.07, 6.45) is 5.95. The Balaban J connectivity index is 1.41. The summed E-state index contributed by atoms with van der Waals surface area (Å²) in [6, 6.07) is 17.6. The van der Waals surface area contributed by atoms with Crippen LogP contribution in [0.25, 0.3) is 17.0 Å². The van der Waals surface area contributed by atoms with Crippen LogP contribution in [0.4, 0.5) is 0 Å². The van der Waals surface area contributed by atoms with Gasteiger partial charge in [0.25, 0.3) is 5.91 Å². The minimum Gasteiger partial charge on any atom is -0.350 e. The molecule has 2 aromatic carbocycles. The number of aryl methyl sites for hydroxylation is 1. The Bertz CT molecular complexity index is 1090. The molecule has 1 saturated heterocycles. The molecule has 0 radical (unpaired) electrons. The molecule has 1 aliphatic heterocycles. The van der Waals surface area contributed by atoms with Crippen molar-refractivity contribution >= 4 is 22.9 Å². The van der Waals surface area contributed by atoms with Crippen molar-refractivity contribution in [3.63, 3.8) is 0 Å². The summed E-state index contributed by atoms with van der Waals surface area (Å²) in [5.41, 5.74) is 2.10. The van der Waals surface area contributed by atoms with E-state index in [0.717, 1.165) is 25.2 Å². The van der Waals surface area contributed by atoms with Crippen LogP contribution in [0.2, 0.25) is 0 Å². The second-order valence-corrected chi connectivity index (χ2v) is 7.41. The van der Waals surface area contributed by atoms with E-state index in [2.05, 4.69) is 29.2 Å². The van der Waals surface area contributed by atoms with E-state index in [9.17, 15) is 9.59 Å². The SMILES string of the molecule is Cn1cc(C(=O)N2CCN(C/C=C/c3ccccc3)CC2)c(=O)c2ccccc21. The molecule has 1 amide bonds. The van der Waals surface area contributed by atoms with Gasteiger partial charge in [-0.2, -0.15) is 0 Å². The minimum atomic E-state index is -0.183. The largest absolute Gasteiger partial charge is 0.350 e. The Kier molecular flexibility index (Phi) is 5.58. The number of carbonyl (C=O) groups is 1. The fourth-order valence-corrected chi connectivity index (χ4v) is 3.80. The van der Waals surface area contributed by atoms with Gasteiger partial charge in [-0.3, -0.25) is 14.5 Å². The molecule has 5 nitrogen and oxygen atoms in total. The minimum absolute atomic E-state index is 0.171. The zero-order valence-electron chi connectivity index (χ0n) is 16.6. The van der Waals surface area contributed by atoms with Crippen LogP contribution in [0, 0.1) is 0 Å². The van der Waals surface area contributed by atoms with Crippen molar-refractivity contribution < 1.29 is 4.79 Å². The van der Waals surface area contributed by atoms with Crippen molar-refractivity contribution in [2.45, 2.75) is 0 Å². The average molecular weight is 387 g/mol. The highest BCUT2D eigenvalue weighted by Gasteiger charge is 2.24. The molecule has 0 unspecified atom stereocenters. The molecule has 0 bridgehead atoms. The van der Waals surface area contributed by atoms with Gasteiger partial charge in [-0.1, -0.05) is 54.6 Å². The Morgan fingerprint density at radius 3 is 2.41 bits per heavy atom. The van der Waals surface area contributed by atoms with Gasteiger partial charge in [-0.25, -0.2) is 0 Å². The van der Waals surface area contributed by atoms with Gasteiger partial charge in [-0.05, 0) is 17.7 Å². The average Bonchev–Trinajstić information content (AvgIpc) is 2.77. The molecule has 2 heterocycles. The molecule has 148 valence electrons. The standard InChI is InChI=1S/C24H25N3O2/c1-25-18-21(23(28)20-11-5-6-12-22(20)25)24(29)27-16-14-26(15-17-27)13-7-10-19-8-3-2-4-9-19/h2-12,18H,13-17H2,1H3/b10-7+. The number of aromatic nitrogens is 1. The lowest BCUT2D eigenvalue weighted by atomic mass is 10.1. The van der Waals surface area contributed by atoms with Gasteiger partial charge < -0.3 is 9.47 Å². The van der Waals surface area contributed by atoms with Crippen LogP contribution < -0.4 is 5.43 Å². The Hall–Kier alpha value is -3.18. The number of carbonyl (C=O) groups excluding carboxylic acids is 1. The molecule has 29 heavy (non-hydrogen) atoms. The zero-order chi connectivity index (χ0) is 20.2. The van der Waals surface area contributed by atoms with Gasteiger partial charge in [0.15, 0.2) is 0 Å². The summed E-state index contributed by atoms with van der Waals surface area (Å²) < 4.78 is 1.86. The molecule has 0 N–H and O–H groups in total. The highest BCUT2D eigenvalue weighted by Crippen LogP contribution is 2.13. The molecule has 0 aliphatic carbocycles. The topological polar surface area (TPSA) is 45.6 Å². The van der Waals surface area contributed by atoms with Crippen LogP contribution in [0.15, 0.2) is 71.7 Å². The van der Waals surface area contributed by atoms with Crippen molar-refractivity contribution in [3.05, 3.63) is 88.2 Å². The summed E-state index contributed by atoms with van der Waals surface area (Å²) in [6.45, 7) is 3.73. The van der Waals surface area contributed by atoms with E-state index in [1.807, 2.05) is 48.0 Å². The molecule has 3 aromatic rings. The zero-order valence-corrected chi connectivity index (χ0v) is 16.6. The summed E-state index contributed by atoms with van der Waals surface area (Å²) in [4.78, 5) is 29.9. The first-order valence-corrected chi connectivity index (χ1v) is 9.95. The van der Waals surface area contributed by atoms with E-state index in [-0.39, 0.29) is 16.9 Å². The Morgan fingerprint density at radius 1 is 0.966 bits per heavy atom. The smallest absolute Gasteiger partial charge is 0.259 e. The Morgan fingerprint density at radius 2 is 1.66 bits per heavy atom. The van der Waals surface area contributed by atoms with Crippen LogP contribution in [0.3, 0.4) is 0 Å². The number of benzene rings is 2. The van der Waals surface area contributed by atoms with Crippen LogP contribution in [-0.2, 0) is 7.05 Å². The molecular formula is C24H25N3O2.